The monoisotopic (exact) mass is 189 g/mol. The summed E-state index contributed by atoms with van der Waals surface area (Å²) in [4.78, 5) is 0. The molecule has 0 spiro atoms. The van der Waals surface area contributed by atoms with Crippen LogP contribution < -0.4 is 5.32 Å². The maximum Gasteiger partial charge on any atom is 0.0829 e. The van der Waals surface area contributed by atoms with Gasteiger partial charge in [0, 0.05) is 17.3 Å². The molecule has 0 aromatic heterocycles. The van der Waals surface area contributed by atoms with Crippen molar-refractivity contribution in [3.05, 3.63) is 29.8 Å². The molecule has 0 amide bonds. The highest BCUT2D eigenvalue weighted by molar-refractivity contribution is 5.55. The van der Waals surface area contributed by atoms with Gasteiger partial charge in [0.15, 0.2) is 0 Å². The van der Waals surface area contributed by atoms with E-state index in [0.717, 1.165) is 23.6 Å². The Hall–Kier alpha value is -1.02. The Morgan fingerprint density at radius 3 is 2.79 bits per heavy atom. The van der Waals surface area contributed by atoms with Gasteiger partial charge in [0.05, 0.1) is 6.10 Å². The van der Waals surface area contributed by atoms with Crippen molar-refractivity contribution in [2.24, 2.45) is 5.92 Å². The lowest BCUT2D eigenvalue weighted by Crippen LogP contribution is -2.29. The molecule has 2 heteroatoms. The molecule has 1 fully saturated rings. The van der Waals surface area contributed by atoms with Gasteiger partial charge in [-0.15, -0.1) is 0 Å². The van der Waals surface area contributed by atoms with Crippen LogP contribution in [0, 0.1) is 5.92 Å². The molecule has 14 heavy (non-hydrogen) atoms. The molecule has 1 saturated carbocycles. The van der Waals surface area contributed by atoms with Gasteiger partial charge in [-0.3, -0.25) is 0 Å². The second kappa shape index (κ2) is 2.99. The standard InChI is InChI=1S/C12H15NO/c14-12-7-11(8-5-6-8)13-10-4-2-1-3-9(10)12/h1-4,8,11-14H,5-7H2. The molecular weight excluding hydrogens is 174 g/mol. The fourth-order valence-electron chi connectivity index (χ4n) is 2.35. The van der Waals surface area contributed by atoms with Crippen LogP contribution in [0.15, 0.2) is 24.3 Å². The Bertz CT molecular complexity index is 346. The van der Waals surface area contributed by atoms with Crippen LogP contribution in [0.3, 0.4) is 0 Å². The van der Waals surface area contributed by atoms with Gasteiger partial charge in [-0.05, 0) is 31.2 Å². The summed E-state index contributed by atoms with van der Waals surface area (Å²) >= 11 is 0. The number of rotatable bonds is 1. The fourth-order valence-corrected chi connectivity index (χ4v) is 2.35. The summed E-state index contributed by atoms with van der Waals surface area (Å²) in [5.74, 6) is 0.804. The number of anilines is 1. The van der Waals surface area contributed by atoms with Gasteiger partial charge in [-0.1, -0.05) is 18.2 Å². The van der Waals surface area contributed by atoms with Crippen LogP contribution in [-0.2, 0) is 0 Å². The van der Waals surface area contributed by atoms with Crippen molar-refractivity contribution in [1.29, 1.82) is 0 Å². The van der Waals surface area contributed by atoms with E-state index in [4.69, 9.17) is 0 Å². The highest BCUT2D eigenvalue weighted by Gasteiger charge is 2.35. The Labute approximate surface area is 84.0 Å². The third-order valence-electron chi connectivity index (χ3n) is 3.33. The minimum absolute atomic E-state index is 0.266. The van der Waals surface area contributed by atoms with E-state index in [2.05, 4.69) is 11.4 Å². The van der Waals surface area contributed by atoms with Crippen LogP contribution in [0.1, 0.15) is 30.9 Å². The van der Waals surface area contributed by atoms with Gasteiger partial charge < -0.3 is 10.4 Å². The molecule has 0 saturated heterocycles. The minimum atomic E-state index is -0.266. The number of aliphatic hydroxyl groups is 1. The van der Waals surface area contributed by atoms with Gasteiger partial charge >= 0.3 is 0 Å². The second-order valence-electron chi connectivity index (χ2n) is 4.43. The third-order valence-corrected chi connectivity index (χ3v) is 3.33. The van der Waals surface area contributed by atoms with Crippen LogP contribution in [0.2, 0.25) is 0 Å². The van der Waals surface area contributed by atoms with E-state index in [-0.39, 0.29) is 6.10 Å². The number of nitrogens with one attached hydrogen (secondary N) is 1. The zero-order valence-electron chi connectivity index (χ0n) is 8.11. The van der Waals surface area contributed by atoms with Crippen molar-refractivity contribution < 1.29 is 5.11 Å². The summed E-state index contributed by atoms with van der Waals surface area (Å²) in [6.07, 6.45) is 3.26. The minimum Gasteiger partial charge on any atom is -0.388 e. The zero-order valence-corrected chi connectivity index (χ0v) is 8.11. The summed E-state index contributed by atoms with van der Waals surface area (Å²) < 4.78 is 0. The van der Waals surface area contributed by atoms with Gasteiger partial charge in [-0.25, -0.2) is 0 Å². The lowest BCUT2D eigenvalue weighted by molar-refractivity contribution is 0.152. The fraction of sp³-hybridized carbons (Fsp3) is 0.500. The molecule has 2 N–H and O–H groups in total. The van der Waals surface area contributed by atoms with Gasteiger partial charge in [0.1, 0.15) is 0 Å². The Morgan fingerprint density at radius 1 is 1.21 bits per heavy atom. The van der Waals surface area contributed by atoms with Crippen molar-refractivity contribution in [2.45, 2.75) is 31.4 Å². The topological polar surface area (TPSA) is 32.3 Å². The van der Waals surface area contributed by atoms with E-state index in [1.165, 1.54) is 12.8 Å². The zero-order chi connectivity index (χ0) is 9.54. The summed E-state index contributed by atoms with van der Waals surface area (Å²) in [5, 5.41) is 13.5. The molecule has 2 unspecified atom stereocenters. The van der Waals surface area contributed by atoms with Gasteiger partial charge in [-0.2, -0.15) is 0 Å². The quantitative estimate of drug-likeness (QED) is 0.710. The molecule has 0 bridgehead atoms. The predicted molar refractivity (Wildman–Crippen MR) is 56.2 cm³/mol. The summed E-state index contributed by atoms with van der Waals surface area (Å²) in [6, 6.07) is 8.58. The Kier molecular flexibility index (Phi) is 1.77. The normalized spacial score (nSPS) is 30.6. The number of para-hydroxylation sites is 1. The third kappa shape index (κ3) is 1.30. The molecule has 1 heterocycles. The van der Waals surface area contributed by atoms with Gasteiger partial charge in [0.2, 0.25) is 0 Å². The first kappa shape index (κ1) is 8.30. The van der Waals surface area contributed by atoms with Crippen molar-refractivity contribution in [1.82, 2.24) is 0 Å². The molecule has 1 aliphatic heterocycles. The number of fused-ring (bicyclic) bond motifs is 1. The Balaban J connectivity index is 1.91. The first-order chi connectivity index (χ1) is 6.84. The number of benzene rings is 1. The largest absolute Gasteiger partial charge is 0.388 e. The molecule has 0 radical (unpaired) electrons. The summed E-state index contributed by atoms with van der Waals surface area (Å²) in [5.41, 5.74) is 2.19. The van der Waals surface area contributed by atoms with Crippen molar-refractivity contribution in [3.63, 3.8) is 0 Å². The average molecular weight is 189 g/mol. The average Bonchev–Trinajstić information content (AvgIpc) is 3.01. The maximum atomic E-state index is 9.97. The van der Waals surface area contributed by atoms with Crippen LogP contribution in [0.4, 0.5) is 5.69 Å². The predicted octanol–water partition coefficient (Wildman–Crippen LogP) is 2.31. The smallest absolute Gasteiger partial charge is 0.0829 e. The molecule has 3 rings (SSSR count). The summed E-state index contributed by atoms with van der Waals surface area (Å²) in [7, 11) is 0. The van der Waals surface area contributed by atoms with Crippen LogP contribution >= 0.6 is 0 Å². The number of hydrogen-bond donors (Lipinski definition) is 2. The van der Waals surface area contributed by atoms with E-state index < -0.39 is 0 Å². The van der Waals surface area contributed by atoms with E-state index in [9.17, 15) is 5.11 Å². The molecule has 2 atom stereocenters. The lowest BCUT2D eigenvalue weighted by Gasteiger charge is -2.30. The van der Waals surface area contributed by atoms with Gasteiger partial charge in [0.25, 0.3) is 0 Å². The van der Waals surface area contributed by atoms with E-state index in [0.29, 0.717) is 6.04 Å². The van der Waals surface area contributed by atoms with E-state index in [1.807, 2.05) is 18.2 Å². The van der Waals surface area contributed by atoms with E-state index >= 15 is 0 Å². The number of aliphatic hydroxyl groups excluding tert-OH is 1. The maximum absolute atomic E-state index is 9.97. The van der Waals surface area contributed by atoms with Crippen molar-refractivity contribution in [3.8, 4) is 0 Å². The SMILES string of the molecule is OC1CC(C2CC2)Nc2ccccc21. The molecule has 74 valence electrons. The molecule has 2 nitrogen and oxygen atoms in total. The van der Waals surface area contributed by atoms with Crippen molar-refractivity contribution >= 4 is 5.69 Å². The number of hydrogen-bond acceptors (Lipinski definition) is 2. The lowest BCUT2D eigenvalue weighted by atomic mass is 9.93. The van der Waals surface area contributed by atoms with Crippen LogP contribution in [-0.4, -0.2) is 11.1 Å². The second-order valence-corrected chi connectivity index (χ2v) is 4.43. The highest BCUT2D eigenvalue weighted by Crippen LogP contribution is 2.42. The van der Waals surface area contributed by atoms with Crippen LogP contribution in [0.25, 0.3) is 0 Å². The van der Waals surface area contributed by atoms with Crippen molar-refractivity contribution in [2.75, 3.05) is 5.32 Å². The first-order valence-electron chi connectivity index (χ1n) is 5.38. The first-order valence-corrected chi connectivity index (χ1v) is 5.38. The molecule has 2 aliphatic rings. The molecule has 1 aliphatic carbocycles. The molecular formula is C12H15NO. The van der Waals surface area contributed by atoms with E-state index in [1.54, 1.807) is 0 Å². The molecule has 1 aromatic rings. The highest BCUT2D eigenvalue weighted by atomic mass is 16.3. The summed E-state index contributed by atoms with van der Waals surface area (Å²) in [6.45, 7) is 0. The van der Waals surface area contributed by atoms with Crippen LogP contribution in [0.5, 0.6) is 0 Å². The Morgan fingerprint density at radius 2 is 2.00 bits per heavy atom. The molecule has 1 aromatic carbocycles.